The van der Waals surface area contributed by atoms with Crippen LogP contribution in [0.1, 0.15) is 36.7 Å². The number of aliphatic hydroxyl groups is 1. The lowest BCUT2D eigenvalue weighted by Crippen LogP contribution is -2.46. The molecule has 0 aliphatic carbocycles. The van der Waals surface area contributed by atoms with Crippen LogP contribution < -0.4 is 20.7 Å². The normalized spacial score (nSPS) is 10.9. The zero-order valence-corrected chi connectivity index (χ0v) is 16.5. The molecule has 28 heavy (non-hydrogen) atoms. The van der Waals surface area contributed by atoms with E-state index in [0.29, 0.717) is 23.6 Å². The van der Waals surface area contributed by atoms with Crippen LogP contribution in [-0.4, -0.2) is 41.2 Å². The van der Waals surface area contributed by atoms with Crippen LogP contribution in [0.15, 0.2) is 36.5 Å². The number of amides is 2. The number of aromatic nitrogens is 1. The van der Waals surface area contributed by atoms with Gasteiger partial charge in [0.2, 0.25) is 5.91 Å². The predicted molar refractivity (Wildman–Crippen MR) is 107 cm³/mol. The lowest BCUT2D eigenvalue weighted by atomic mass is 10.1. The predicted octanol–water partition coefficient (Wildman–Crippen LogP) is 2.16. The maximum absolute atomic E-state index is 12.7. The van der Waals surface area contributed by atoms with Gasteiger partial charge in [-0.15, -0.1) is 0 Å². The number of anilines is 2. The fourth-order valence-corrected chi connectivity index (χ4v) is 2.39. The highest BCUT2D eigenvalue weighted by Crippen LogP contribution is 2.21. The van der Waals surface area contributed by atoms with Crippen molar-refractivity contribution in [2.24, 2.45) is 0 Å². The van der Waals surface area contributed by atoms with Crippen molar-refractivity contribution in [1.29, 1.82) is 0 Å². The second-order valence-electron chi connectivity index (χ2n) is 6.99. The second-order valence-corrected chi connectivity index (χ2v) is 6.99. The van der Waals surface area contributed by atoms with Gasteiger partial charge < -0.3 is 25.8 Å². The van der Waals surface area contributed by atoms with E-state index in [1.165, 1.54) is 13.1 Å². The number of hydrogen-bond acceptors (Lipinski definition) is 6. The Hall–Kier alpha value is -3.13. The first-order chi connectivity index (χ1) is 13.2. The van der Waals surface area contributed by atoms with Gasteiger partial charge >= 0.3 is 0 Å². The molecule has 0 aliphatic heterocycles. The lowest BCUT2D eigenvalue weighted by molar-refractivity contribution is -0.114. The molecule has 1 heterocycles. The van der Waals surface area contributed by atoms with Crippen molar-refractivity contribution < 1.29 is 19.4 Å². The van der Waals surface area contributed by atoms with Crippen LogP contribution >= 0.6 is 0 Å². The summed E-state index contributed by atoms with van der Waals surface area (Å²) >= 11 is 0. The van der Waals surface area contributed by atoms with Crippen LogP contribution in [0.25, 0.3) is 0 Å². The summed E-state index contributed by atoms with van der Waals surface area (Å²) < 4.78 is 5.15. The van der Waals surface area contributed by atoms with Crippen LogP contribution in [0, 0.1) is 0 Å². The SMILES string of the molecule is COc1ccc(CNc2cc(NC(C)=O)ncc2C(=O)NC(C)(C)CO)cc1. The number of rotatable bonds is 8. The van der Waals surface area contributed by atoms with E-state index in [9.17, 15) is 14.7 Å². The number of carbonyl (C=O) groups is 2. The molecule has 0 fully saturated rings. The number of ether oxygens (including phenoxy) is 1. The average Bonchev–Trinajstić information content (AvgIpc) is 2.66. The molecule has 0 saturated heterocycles. The standard InChI is InChI=1S/C20H26N4O4/c1-13(26)23-18-9-17(21-10-14-5-7-15(28-4)8-6-14)16(11-22-18)19(27)24-20(2,3)12-25/h5-9,11,25H,10,12H2,1-4H3,(H,24,27)(H2,21,22,23,26). The topological polar surface area (TPSA) is 113 Å². The minimum Gasteiger partial charge on any atom is -0.497 e. The Bertz CT molecular complexity index is 835. The number of aliphatic hydroxyl groups excluding tert-OH is 1. The molecule has 8 heteroatoms. The number of nitrogens with zero attached hydrogens (tertiary/aromatic N) is 1. The van der Waals surface area contributed by atoms with Gasteiger partial charge in [0.05, 0.1) is 30.5 Å². The molecule has 4 N–H and O–H groups in total. The van der Waals surface area contributed by atoms with E-state index in [4.69, 9.17) is 4.74 Å². The third-order valence-corrected chi connectivity index (χ3v) is 3.94. The van der Waals surface area contributed by atoms with Crippen molar-refractivity contribution in [2.45, 2.75) is 32.9 Å². The van der Waals surface area contributed by atoms with Crippen molar-refractivity contribution >= 4 is 23.3 Å². The minimum atomic E-state index is -0.777. The highest BCUT2D eigenvalue weighted by atomic mass is 16.5. The molecular formula is C20H26N4O4. The maximum atomic E-state index is 12.7. The van der Waals surface area contributed by atoms with Crippen LogP contribution in [0.2, 0.25) is 0 Å². The van der Waals surface area contributed by atoms with Crippen LogP contribution in [-0.2, 0) is 11.3 Å². The molecule has 0 unspecified atom stereocenters. The van der Waals surface area contributed by atoms with Gasteiger partial charge in [-0.1, -0.05) is 12.1 Å². The van der Waals surface area contributed by atoms with E-state index < -0.39 is 5.54 Å². The van der Waals surface area contributed by atoms with Gasteiger partial charge in [0, 0.05) is 25.7 Å². The fraction of sp³-hybridized carbons (Fsp3) is 0.350. The van der Waals surface area contributed by atoms with E-state index >= 15 is 0 Å². The van der Waals surface area contributed by atoms with Crippen molar-refractivity contribution in [1.82, 2.24) is 10.3 Å². The zero-order chi connectivity index (χ0) is 20.7. The smallest absolute Gasteiger partial charge is 0.255 e. The van der Waals surface area contributed by atoms with E-state index in [2.05, 4.69) is 20.9 Å². The van der Waals surface area contributed by atoms with E-state index in [-0.39, 0.29) is 18.4 Å². The first-order valence-corrected chi connectivity index (χ1v) is 8.82. The van der Waals surface area contributed by atoms with Crippen LogP contribution in [0.4, 0.5) is 11.5 Å². The summed E-state index contributed by atoms with van der Waals surface area (Å²) in [5, 5.41) is 18.0. The van der Waals surface area contributed by atoms with Crippen LogP contribution in [0.3, 0.4) is 0 Å². The molecule has 0 bridgehead atoms. The average molecular weight is 386 g/mol. The van der Waals surface area contributed by atoms with E-state index in [0.717, 1.165) is 11.3 Å². The highest BCUT2D eigenvalue weighted by Gasteiger charge is 2.22. The zero-order valence-electron chi connectivity index (χ0n) is 16.5. The molecule has 0 radical (unpaired) electrons. The number of pyridine rings is 1. The van der Waals surface area contributed by atoms with Crippen LogP contribution in [0.5, 0.6) is 5.75 Å². The first kappa shape index (κ1) is 21.2. The number of benzene rings is 1. The minimum absolute atomic E-state index is 0.204. The van der Waals surface area contributed by atoms with Gasteiger partial charge in [0.15, 0.2) is 0 Å². The monoisotopic (exact) mass is 386 g/mol. The van der Waals surface area contributed by atoms with Gasteiger partial charge in [0.1, 0.15) is 11.6 Å². The van der Waals surface area contributed by atoms with Crippen molar-refractivity contribution in [3.63, 3.8) is 0 Å². The molecule has 0 aliphatic rings. The van der Waals surface area contributed by atoms with E-state index in [1.54, 1.807) is 27.0 Å². The van der Waals surface area contributed by atoms with Gasteiger partial charge in [-0.25, -0.2) is 4.98 Å². The Morgan fingerprint density at radius 2 is 1.89 bits per heavy atom. The molecule has 1 aromatic carbocycles. The summed E-state index contributed by atoms with van der Waals surface area (Å²) in [5.74, 6) is 0.458. The summed E-state index contributed by atoms with van der Waals surface area (Å²) in [6, 6.07) is 9.13. The molecule has 0 saturated carbocycles. The Labute approximate surface area is 164 Å². The summed E-state index contributed by atoms with van der Waals surface area (Å²) in [4.78, 5) is 28.1. The number of nitrogens with one attached hydrogen (secondary N) is 3. The molecule has 2 rings (SSSR count). The number of methoxy groups -OCH3 is 1. The maximum Gasteiger partial charge on any atom is 0.255 e. The number of carbonyl (C=O) groups excluding carboxylic acids is 2. The summed E-state index contributed by atoms with van der Waals surface area (Å²) in [5.41, 5.74) is 1.03. The third kappa shape index (κ3) is 5.95. The van der Waals surface area contributed by atoms with Crippen molar-refractivity contribution in [3.05, 3.63) is 47.7 Å². The van der Waals surface area contributed by atoms with Gasteiger partial charge in [-0.05, 0) is 31.5 Å². The molecular weight excluding hydrogens is 360 g/mol. The first-order valence-electron chi connectivity index (χ1n) is 8.82. The van der Waals surface area contributed by atoms with E-state index in [1.807, 2.05) is 24.3 Å². The van der Waals surface area contributed by atoms with Crippen molar-refractivity contribution in [2.75, 3.05) is 24.4 Å². The Balaban J connectivity index is 2.25. The van der Waals surface area contributed by atoms with Gasteiger partial charge in [0.25, 0.3) is 5.91 Å². The van der Waals surface area contributed by atoms with Gasteiger partial charge in [-0.2, -0.15) is 0 Å². The summed E-state index contributed by atoms with van der Waals surface area (Å²) in [6.45, 7) is 5.07. The summed E-state index contributed by atoms with van der Waals surface area (Å²) in [6.07, 6.45) is 1.39. The molecule has 0 spiro atoms. The third-order valence-electron chi connectivity index (χ3n) is 3.94. The Kier molecular flexibility index (Phi) is 6.94. The number of hydrogen-bond donors (Lipinski definition) is 4. The molecule has 0 atom stereocenters. The lowest BCUT2D eigenvalue weighted by Gasteiger charge is -2.24. The highest BCUT2D eigenvalue weighted by molar-refractivity contribution is 6.00. The molecule has 2 amide bonds. The Morgan fingerprint density at radius 3 is 2.46 bits per heavy atom. The largest absolute Gasteiger partial charge is 0.497 e. The Morgan fingerprint density at radius 1 is 1.21 bits per heavy atom. The van der Waals surface area contributed by atoms with Gasteiger partial charge in [-0.3, -0.25) is 9.59 Å². The molecule has 150 valence electrons. The second kappa shape index (κ2) is 9.18. The molecule has 1 aromatic heterocycles. The fourth-order valence-electron chi connectivity index (χ4n) is 2.39. The van der Waals surface area contributed by atoms with Crippen molar-refractivity contribution in [3.8, 4) is 5.75 Å². The molecule has 8 nitrogen and oxygen atoms in total. The molecule has 2 aromatic rings. The quantitative estimate of drug-likeness (QED) is 0.553. The summed E-state index contributed by atoms with van der Waals surface area (Å²) in [7, 11) is 1.60.